The van der Waals surface area contributed by atoms with Gasteiger partial charge < -0.3 is 25.0 Å². The van der Waals surface area contributed by atoms with E-state index in [1.165, 1.54) is 0 Å². The lowest BCUT2D eigenvalue weighted by molar-refractivity contribution is 0.393. The molecule has 2 N–H and O–H groups in total. The molecule has 25 heavy (non-hydrogen) atoms. The van der Waals surface area contributed by atoms with Crippen LogP contribution in [0.5, 0.6) is 11.5 Å². The highest BCUT2D eigenvalue weighted by molar-refractivity contribution is 14.0. The molecule has 0 atom stereocenters. The Hall–Kier alpha value is -1.64. The summed E-state index contributed by atoms with van der Waals surface area (Å²) in [4.78, 5) is 6.61. The monoisotopic (exact) mass is 460 g/mol. The van der Waals surface area contributed by atoms with Crippen molar-refractivity contribution in [3.05, 3.63) is 30.9 Å². The Kier molecular flexibility index (Phi) is 9.48. The largest absolute Gasteiger partial charge is 0.497 e. The van der Waals surface area contributed by atoms with Crippen LogP contribution in [0.1, 0.15) is 12.8 Å². The minimum atomic E-state index is 0. The third-order valence-electron chi connectivity index (χ3n) is 4.17. The smallest absolute Gasteiger partial charge is 0.191 e. The molecule has 0 amide bonds. The van der Waals surface area contributed by atoms with E-state index in [1.54, 1.807) is 21.3 Å². The van der Waals surface area contributed by atoms with Crippen LogP contribution in [0.15, 0.2) is 35.8 Å². The normalized spacial score (nSPS) is 15.2. The Morgan fingerprint density at radius 2 is 1.84 bits per heavy atom. The number of benzene rings is 1. The van der Waals surface area contributed by atoms with E-state index in [2.05, 4.69) is 39.2 Å². The molecule has 0 unspecified atom stereocenters. The molecule has 0 aliphatic carbocycles. The molecule has 140 valence electrons. The van der Waals surface area contributed by atoms with Crippen LogP contribution in [0.4, 0.5) is 5.69 Å². The number of hydrogen-bond donors (Lipinski definition) is 2. The molecule has 2 rings (SSSR count). The predicted octanol–water partition coefficient (Wildman–Crippen LogP) is 2.64. The molecule has 1 saturated heterocycles. The lowest BCUT2D eigenvalue weighted by atomic mass is 10.0. The first-order valence-electron chi connectivity index (χ1n) is 8.26. The minimum absolute atomic E-state index is 0. The van der Waals surface area contributed by atoms with Crippen molar-refractivity contribution in [2.24, 2.45) is 4.99 Å². The second kappa shape index (κ2) is 11.1. The molecular formula is C18H29IN4O2. The molecule has 0 spiro atoms. The summed E-state index contributed by atoms with van der Waals surface area (Å²) in [5, 5.41) is 6.69. The standard InChI is InChI=1S/C18H28N4O2.HI/c1-5-8-20-18(19-2)21-14-6-9-22(10-7-14)15-11-16(23-3)13-17(12-15)24-4;/h5,11-14H,1,6-10H2,2-4H3,(H2,19,20,21);1H. The molecule has 0 aromatic heterocycles. The number of nitrogens with zero attached hydrogens (tertiary/aromatic N) is 2. The average Bonchev–Trinajstić information content (AvgIpc) is 2.65. The Labute approximate surface area is 167 Å². The van der Waals surface area contributed by atoms with E-state index in [9.17, 15) is 0 Å². The summed E-state index contributed by atoms with van der Waals surface area (Å²) in [6.45, 7) is 6.38. The fraction of sp³-hybridized carbons (Fsp3) is 0.500. The van der Waals surface area contributed by atoms with Gasteiger partial charge in [-0.15, -0.1) is 30.6 Å². The molecule has 0 radical (unpaired) electrons. The minimum Gasteiger partial charge on any atom is -0.497 e. The van der Waals surface area contributed by atoms with Crippen molar-refractivity contribution in [1.82, 2.24) is 10.6 Å². The average molecular weight is 460 g/mol. The summed E-state index contributed by atoms with van der Waals surface area (Å²) in [6.07, 6.45) is 3.92. The summed E-state index contributed by atoms with van der Waals surface area (Å²) in [5.41, 5.74) is 1.14. The predicted molar refractivity (Wildman–Crippen MR) is 115 cm³/mol. The fourth-order valence-corrected chi connectivity index (χ4v) is 2.81. The fourth-order valence-electron chi connectivity index (χ4n) is 2.81. The lowest BCUT2D eigenvalue weighted by Crippen LogP contribution is -2.48. The van der Waals surface area contributed by atoms with Crippen molar-refractivity contribution in [1.29, 1.82) is 0 Å². The number of nitrogens with one attached hydrogen (secondary N) is 2. The molecule has 1 aromatic carbocycles. The number of aliphatic imine (C=N–C) groups is 1. The molecule has 6 nitrogen and oxygen atoms in total. The number of hydrogen-bond acceptors (Lipinski definition) is 4. The van der Waals surface area contributed by atoms with Gasteiger partial charge in [0.05, 0.1) is 14.2 Å². The van der Waals surface area contributed by atoms with Crippen molar-refractivity contribution in [3.63, 3.8) is 0 Å². The van der Waals surface area contributed by atoms with Gasteiger partial charge in [-0.1, -0.05) is 6.08 Å². The number of halogens is 1. The third kappa shape index (κ3) is 6.30. The SMILES string of the molecule is C=CCNC(=NC)NC1CCN(c2cc(OC)cc(OC)c2)CC1.I. The molecule has 1 aromatic rings. The maximum atomic E-state index is 5.36. The highest BCUT2D eigenvalue weighted by Gasteiger charge is 2.21. The second-order valence-electron chi connectivity index (χ2n) is 5.72. The molecule has 7 heteroatoms. The number of piperidine rings is 1. The van der Waals surface area contributed by atoms with Gasteiger partial charge in [-0.3, -0.25) is 4.99 Å². The van der Waals surface area contributed by atoms with Crippen LogP contribution < -0.4 is 25.0 Å². The van der Waals surface area contributed by atoms with Crippen LogP contribution >= 0.6 is 24.0 Å². The highest BCUT2D eigenvalue weighted by Crippen LogP contribution is 2.30. The number of ether oxygens (including phenoxy) is 2. The first-order valence-corrected chi connectivity index (χ1v) is 8.26. The number of methoxy groups -OCH3 is 2. The summed E-state index contributed by atoms with van der Waals surface area (Å²) < 4.78 is 10.7. The van der Waals surface area contributed by atoms with Crippen molar-refractivity contribution in [2.75, 3.05) is 45.8 Å². The van der Waals surface area contributed by atoms with E-state index in [4.69, 9.17) is 9.47 Å². The molecule has 1 fully saturated rings. The molecule has 1 heterocycles. The quantitative estimate of drug-likeness (QED) is 0.296. The van der Waals surface area contributed by atoms with Crippen LogP contribution in [0, 0.1) is 0 Å². The molecule has 1 aliphatic rings. The summed E-state index contributed by atoms with van der Waals surface area (Å²) in [7, 11) is 5.14. The van der Waals surface area contributed by atoms with Crippen molar-refractivity contribution in [2.45, 2.75) is 18.9 Å². The Balaban J connectivity index is 0.00000312. The first kappa shape index (κ1) is 21.4. The van der Waals surface area contributed by atoms with Crippen LogP contribution in [-0.2, 0) is 0 Å². The Morgan fingerprint density at radius 1 is 1.24 bits per heavy atom. The third-order valence-corrected chi connectivity index (χ3v) is 4.17. The van der Waals surface area contributed by atoms with Gasteiger partial charge in [-0.25, -0.2) is 0 Å². The van der Waals surface area contributed by atoms with Crippen LogP contribution in [0.25, 0.3) is 0 Å². The van der Waals surface area contributed by atoms with Crippen molar-refractivity contribution >= 4 is 35.6 Å². The number of rotatable bonds is 6. The summed E-state index contributed by atoms with van der Waals surface area (Å²) in [5.74, 6) is 2.47. The van der Waals surface area contributed by atoms with Gasteiger partial charge >= 0.3 is 0 Å². The first-order chi connectivity index (χ1) is 11.7. The molecule has 1 aliphatic heterocycles. The maximum absolute atomic E-state index is 5.36. The zero-order valence-electron chi connectivity index (χ0n) is 15.2. The van der Waals surface area contributed by atoms with Gasteiger partial charge in [0, 0.05) is 56.6 Å². The maximum Gasteiger partial charge on any atom is 0.191 e. The van der Waals surface area contributed by atoms with Gasteiger partial charge in [0.2, 0.25) is 0 Å². The van der Waals surface area contributed by atoms with E-state index in [0.717, 1.165) is 49.1 Å². The Morgan fingerprint density at radius 3 is 2.32 bits per heavy atom. The van der Waals surface area contributed by atoms with Crippen LogP contribution in [0.2, 0.25) is 0 Å². The molecule has 0 bridgehead atoms. The van der Waals surface area contributed by atoms with Crippen LogP contribution in [0.3, 0.4) is 0 Å². The second-order valence-corrected chi connectivity index (χ2v) is 5.72. The van der Waals surface area contributed by atoms with E-state index < -0.39 is 0 Å². The summed E-state index contributed by atoms with van der Waals surface area (Å²) in [6, 6.07) is 6.43. The van der Waals surface area contributed by atoms with Gasteiger partial charge in [0.1, 0.15) is 11.5 Å². The van der Waals surface area contributed by atoms with Crippen molar-refractivity contribution < 1.29 is 9.47 Å². The number of guanidine groups is 1. The number of anilines is 1. The Bertz CT molecular complexity index is 550. The van der Waals surface area contributed by atoms with Crippen molar-refractivity contribution in [3.8, 4) is 11.5 Å². The van der Waals surface area contributed by atoms with Gasteiger partial charge in [0.15, 0.2) is 5.96 Å². The van der Waals surface area contributed by atoms with Gasteiger partial charge in [-0.2, -0.15) is 0 Å². The van der Waals surface area contributed by atoms with Gasteiger partial charge in [-0.05, 0) is 12.8 Å². The van der Waals surface area contributed by atoms with E-state index in [1.807, 2.05) is 12.1 Å². The lowest BCUT2D eigenvalue weighted by Gasteiger charge is -2.34. The molecule has 0 saturated carbocycles. The zero-order valence-corrected chi connectivity index (χ0v) is 17.6. The van der Waals surface area contributed by atoms with Crippen LogP contribution in [-0.4, -0.2) is 52.9 Å². The highest BCUT2D eigenvalue weighted by atomic mass is 127. The topological polar surface area (TPSA) is 58.1 Å². The zero-order chi connectivity index (χ0) is 17.4. The van der Waals surface area contributed by atoms with E-state index >= 15 is 0 Å². The van der Waals surface area contributed by atoms with E-state index in [-0.39, 0.29) is 24.0 Å². The molecular weight excluding hydrogens is 431 g/mol. The van der Waals surface area contributed by atoms with E-state index in [0.29, 0.717) is 12.6 Å². The summed E-state index contributed by atoms with van der Waals surface area (Å²) >= 11 is 0. The van der Waals surface area contributed by atoms with Gasteiger partial charge in [0.25, 0.3) is 0 Å².